The molecule has 3 aromatic rings. The van der Waals surface area contributed by atoms with Crippen molar-refractivity contribution in [3.63, 3.8) is 0 Å². The van der Waals surface area contributed by atoms with Crippen LogP contribution in [0.5, 0.6) is 11.5 Å². The number of ether oxygens (including phenoxy) is 2. The van der Waals surface area contributed by atoms with Gasteiger partial charge in [0.2, 0.25) is 0 Å². The maximum atomic E-state index is 14.1. The second kappa shape index (κ2) is 9.59. The molecule has 0 bridgehead atoms. The topological polar surface area (TPSA) is 96.8 Å². The molecule has 0 radical (unpaired) electrons. The van der Waals surface area contributed by atoms with Crippen LogP contribution in [0.15, 0.2) is 33.7 Å². The van der Waals surface area contributed by atoms with Gasteiger partial charge < -0.3 is 29.1 Å². The van der Waals surface area contributed by atoms with Gasteiger partial charge in [0.25, 0.3) is 17.3 Å². The Morgan fingerprint density at radius 1 is 1.08 bits per heavy atom. The van der Waals surface area contributed by atoms with Gasteiger partial charge in [-0.1, -0.05) is 0 Å². The lowest BCUT2D eigenvalue weighted by atomic mass is 9.81. The molecule has 8 nitrogen and oxygen atoms in total. The summed E-state index contributed by atoms with van der Waals surface area (Å²) in [6, 6.07) is 6.23. The molecule has 206 valence electrons. The van der Waals surface area contributed by atoms with E-state index in [2.05, 4.69) is 10.3 Å². The van der Waals surface area contributed by atoms with Gasteiger partial charge >= 0.3 is 0 Å². The van der Waals surface area contributed by atoms with Gasteiger partial charge in [-0.2, -0.15) is 0 Å². The Bertz CT molecular complexity index is 1480. The highest BCUT2D eigenvalue weighted by Crippen LogP contribution is 2.55. The van der Waals surface area contributed by atoms with Crippen LogP contribution in [0, 0.1) is 26.7 Å². The number of nitrogens with zero attached hydrogens (tertiary/aromatic N) is 1. The zero-order chi connectivity index (χ0) is 27.5. The minimum absolute atomic E-state index is 0.101. The van der Waals surface area contributed by atoms with Gasteiger partial charge in [-0.05, 0) is 89.2 Å². The van der Waals surface area contributed by atoms with Gasteiger partial charge in [0.05, 0.1) is 23.9 Å². The van der Waals surface area contributed by atoms with Crippen molar-refractivity contribution in [2.75, 3.05) is 13.6 Å². The molecule has 1 aliphatic carbocycles. The van der Waals surface area contributed by atoms with E-state index in [0.717, 1.165) is 53.6 Å². The van der Waals surface area contributed by atoms with Crippen molar-refractivity contribution in [3.05, 3.63) is 68.3 Å². The fourth-order valence-corrected chi connectivity index (χ4v) is 6.75. The molecule has 1 atom stereocenters. The number of aryl methyl sites for hydroxylation is 2. The summed E-state index contributed by atoms with van der Waals surface area (Å²) < 4.78 is 19.3. The van der Waals surface area contributed by atoms with Crippen molar-refractivity contribution in [1.82, 2.24) is 15.2 Å². The molecule has 1 aromatic carbocycles. The van der Waals surface area contributed by atoms with Crippen molar-refractivity contribution in [1.29, 1.82) is 0 Å². The van der Waals surface area contributed by atoms with Crippen molar-refractivity contribution >= 4 is 5.91 Å². The molecule has 4 heterocycles. The molecule has 2 N–H and O–H groups in total. The number of carbonyl (C=O) groups excluding carboxylic acids is 1. The predicted octanol–water partition coefficient (Wildman–Crippen LogP) is 5.02. The largest absolute Gasteiger partial charge is 0.464 e. The van der Waals surface area contributed by atoms with E-state index in [0.29, 0.717) is 47.4 Å². The molecule has 1 amide bonds. The Labute approximate surface area is 228 Å². The van der Waals surface area contributed by atoms with Crippen LogP contribution < -0.4 is 20.3 Å². The molecule has 1 unspecified atom stereocenters. The number of aromatic nitrogens is 1. The van der Waals surface area contributed by atoms with Crippen LogP contribution in [0.3, 0.4) is 0 Å². The minimum atomic E-state index is -0.813. The lowest BCUT2D eigenvalue weighted by Gasteiger charge is -2.37. The lowest BCUT2D eigenvalue weighted by Crippen LogP contribution is -2.46. The number of furan rings is 1. The molecule has 0 saturated heterocycles. The van der Waals surface area contributed by atoms with E-state index in [1.165, 1.54) is 0 Å². The number of nitrogens with one attached hydrogen (secondary N) is 2. The zero-order valence-corrected chi connectivity index (χ0v) is 23.4. The number of H-pyrrole nitrogens is 1. The SMILES string of the molecule is CNC1CCC(C2(C)Oc3c(C)c4c(c(-c5ccco5)c3O2)CCN(Cc2c(C)cc(C)[nH]c2=O)C4=O)CC1. The van der Waals surface area contributed by atoms with E-state index in [-0.39, 0.29) is 23.9 Å². The normalized spacial score (nSPS) is 24.2. The van der Waals surface area contributed by atoms with Crippen molar-refractivity contribution in [3.8, 4) is 22.8 Å². The fourth-order valence-electron chi connectivity index (χ4n) is 6.75. The summed E-state index contributed by atoms with van der Waals surface area (Å²) in [6.45, 7) is 8.52. The van der Waals surface area contributed by atoms with Gasteiger partial charge in [0, 0.05) is 42.2 Å². The molecule has 39 heavy (non-hydrogen) atoms. The average molecular weight is 532 g/mol. The summed E-state index contributed by atoms with van der Waals surface area (Å²) >= 11 is 0. The second-order valence-corrected chi connectivity index (χ2v) is 11.5. The molecule has 3 aliphatic rings. The van der Waals surface area contributed by atoms with Gasteiger partial charge in [0.1, 0.15) is 5.76 Å². The maximum absolute atomic E-state index is 14.1. The van der Waals surface area contributed by atoms with E-state index in [9.17, 15) is 9.59 Å². The number of amides is 1. The third-order valence-corrected chi connectivity index (χ3v) is 8.98. The molecule has 6 rings (SSSR count). The predicted molar refractivity (Wildman–Crippen MR) is 148 cm³/mol. The van der Waals surface area contributed by atoms with Crippen LogP contribution in [0.25, 0.3) is 11.3 Å². The quantitative estimate of drug-likeness (QED) is 0.480. The second-order valence-electron chi connectivity index (χ2n) is 11.5. The maximum Gasteiger partial charge on any atom is 0.254 e. The highest BCUT2D eigenvalue weighted by molar-refractivity contribution is 6.02. The number of hydrogen-bond acceptors (Lipinski definition) is 6. The standard InChI is InChI=1S/C31H37N3O5/c1-17-15-18(2)33-29(35)23(17)16-34-13-12-22-25(30(34)36)19(3)27-28(26(22)24-7-6-14-37-24)39-31(4,38-27)20-8-10-21(32-5)11-9-20/h6-7,14-15,20-21,32H,8-13,16H2,1-5H3,(H,33,35). The van der Waals surface area contributed by atoms with E-state index >= 15 is 0 Å². The summed E-state index contributed by atoms with van der Waals surface area (Å²) in [6.07, 6.45) is 6.42. The summed E-state index contributed by atoms with van der Waals surface area (Å²) in [5.74, 6) is 1.28. The zero-order valence-electron chi connectivity index (χ0n) is 23.4. The first-order valence-corrected chi connectivity index (χ1v) is 14.0. The van der Waals surface area contributed by atoms with Crippen molar-refractivity contribution < 1.29 is 18.7 Å². The molecular formula is C31H37N3O5. The Balaban J connectivity index is 1.40. The van der Waals surface area contributed by atoms with E-state index in [1.807, 2.05) is 52.9 Å². The molecule has 1 fully saturated rings. The fraction of sp³-hybridized carbons (Fsp3) is 0.484. The number of pyridine rings is 1. The summed E-state index contributed by atoms with van der Waals surface area (Å²) in [4.78, 5) is 31.4. The van der Waals surface area contributed by atoms with Gasteiger partial charge in [-0.15, -0.1) is 0 Å². The third-order valence-electron chi connectivity index (χ3n) is 8.98. The Hall–Kier alpha value is -3.52. The van der Waals surface area contributed by atoms with E-state index < -0.39 is 5.79 Å². The smallest absolute Gasteiger partial charge is 0.254 e. The van der Waals surface area contributed by atoms with Gasteiger partial charge in [-0.3, -0.25) is 9.59 Å². The first kappa shape index (κ1) is 25.7. The lowest BCUT2D eigenvalue weighted by molar-refractivity contribution is -0.121. The first-order valence-electron chi connectivity index (χ1n) is 14.0. The highest BCUT2D eigenvalue weighted by Gasteiger charge is 2.49. The van der Waals surface area contributed by atoms with Crippen LogP contribution in [-0.4, -0.2) is 41.2 Å². The molecule has 0 spiro atoms. The highest BCUT2D eigenvalue weighted by atomic mass is 16.7. The number of carbonyl (C=O) groups is 1. The van der Waals surface area contributed by atoms with Crippen LogP contribution in [0.2, 0.25) is 0 Å². The van der Waals surface area contributed by atoms with Crippen molar-refractivity contribution in [2.45, 2.75) is 78.2 Å². The molecule has 2 aromatic heterocycles. The molecular weight excluding hydrogens is 494 g/mol. The molecule has 1 saturated carbocycles. The summed E-state index contributed by atoms with van der Waals surface area (Å²) in [7, 11) is 2.02. The minimum Gasteiger partial charge on any atom is -0.464 e. The number of fused-ring (bicyclic) bond motifs is 2. The Morgan fingerprint density at radius 3 is 2.49 bits per heavy atom. The summed E-state index contributed by atoms with van der Waals surface area (Å²) in [5, 5.41) is 3.40. The Morgan fingerprint density at radius 2 is 1.82 bits per heavy atom. The van der Waals surface area contributed by atoms with Gasteiger partial charge in [-0.25, -0.2) is 0 Å². The van der Waals surface area contributed by atoms with E-state index in [1.54, 1.807) is 11.2 Å². The van der Waals surface area contributed by atoms with Crippen LogP contribution >= 0.6 is 0 Å². The monoisotopic (exact) mass is 531 g/mol. The van der Waals surface area contributed by atoms with E-state index in [4.69, 9.17) is 13.9 Å². The number of benzene rings is 1. The summed E-state index contributed by atoms with van der Waals surface area (Å²) in [5.41, 5.74) is 5.30. The number of aromatic amines is 1. The van der Waals surface area contributed by atoms with Gasteiger partial charge in [0.15, 0.2) is 11.5 Å². The Kier molecular flexibility index (Phi) is 6.33. The number of rotatable bonds is 5. The molecule has 2 aliphatic heterocycles. The van der Waals surface area contributed by atoms with Crippen molar-refractivity contribution in [2.24, 2.45) is 5.92 Å². The third kappa shape index (κ3) is 4.25. The van der Waals surface area contributed by atoms with Crippen LogP contribution in [0.4, 0.5) is 0 Å². The number of hydrogen-bond donors (Lipinski definition) is 2. The van der Waals surface area contributed by atoms with Crippen LogP contribution in [0.1, 0.15) is 70.9 Å². The first-order chi connectivity index (χ1) is 18.7. The molecule has 8 heteroatoms. The average Bonchev–Trinajstić information content (AvgIpc) is 3.56. The van der Waals surface area contributed by atoms with Crippen LogP contribution in [-0.2, 0) is 13.0 Å².